The number of piperidine rings is 1. The van der Waals surface area contributed by atoms with Crippen LogP contribution in [0, 0.1) is 6.92 Å². The molecule has 2 aliphatic rings. The zero-order valence-corrected chi connectivity index (χ0v) is 19.6. The number of benzene rings is 2. The fourth-order valence-electron chi connectivity index (χ4n) is 4.53. The van der Waals surface area contributed by atoms with Crippen LogP contribution in [0.25, 0.3) is 0 Å². The highest BCUT2D eigenvalue weighted by molar-refractivity contribution is 6.31. The van der Waals surface area contributed by atoms with Crippen molar-refractivity contribution in [3.8, 4) is 5.75 Å². The molecule has 2 aromatic rings. The molecule has 0 radical (unpaired) electrons. The van der Waals surface area contributed by atoms with Gasteiger partial charge in [-0.25, -0.2) is 9.59 Å². The first kappa shape index (κ1) is 23.6. The summed E-state index contributed by atoms with van der Waals surface area (Å²) in [5, 5.41) is 0. The van der Waals surface area contributed by atoms with Crippen molar-refractivity contribution in [1.29, 1.82) is 0 Å². The van der Waals surface area contributed by atoms with E-state index in [-0.39, 0.29) is 19.0 Å². The van der Waals surface area contributed by atoms with Crippen LogP contribution in [0.15, 0.2) is 42.5 Å². The summed E-state index contributed by atoms with van der Waals surface area (Å²) in [6.45, 7) is 2.77. The van der Waals surface area contributed by atoms with Crippen LogP contribution >= 0.6 is 0 Å². The van der Waals surface area contributed by atoms with Crippen LogP contribution in [-0.4, -0.2) is 66.8 Å². The van der Waals surface area contributed by atoms with Gasteiger partial charge in [0.1, 0.15) is 5.75 Å². The second-order valence-corrected chi connectivity index (χ2v) is 8.72. The number of amides is 1. The molecule has 2 fully saturated rings. The van der Waals surface area contributed by atoms with Gasteiger partial charge in [0.25, 0.3) is 5.91 Å². The first-order valence-electron chi connectivity index (χ1n) is 11.2. The van der Waals surface area contributed by atoms with E-state index >= 15 is 0 Å². The molecule has 1 unspecified atom stereocenters. The normalized spacial score (nSPS) is 19.3. The first-order valence-corrected chi connectivity index (χ1v) is 11.2. The standard InChI is InChI=1S/C25H29N3O6/c1-16-13-18(14-20(32-3)21(16)26)22(29)28-12-10-19(15-25(28)33-23(30)24(31)34-25)27(2)11-9-17-7-5-4-6-8-17/h4-8,13-14,19H,9-12,15,26H2,1-3H3. The van der Waals surface area contributed by atoms with E-state index in [1.807, 2.05) is 25.2 Å². The molecule has 2 aromatic carbocycles. The highest BCUT2D eigenvalue weighted by Crippen LogP contribution is 2.38. The smallest absolute Gasteiger partial charge is 0.422 e. The Morgan fingerprint density at radius 3 is 2.53 bits per heavy atom. The van der Waals surface area contributed by atoms with Crippen LogP contribution in [0.4, 0.5) is 5.69 Å². The Balaban J connectivity index is 1.56. The maximum Gasteiger partial charge on any atom is 0.422 e. The Labute approximate surface area is 198 Å². The molecular formula is C25H29N3O6. The van der Waals surface area contributed by atoms with E-state index in [4.69, 9.17) is 19.9 Å². The second kappa shape index (κ2) is 9.34. The Morgan fingerprint density at radius 2 is 1.88 bits per heavy atom. The number of aryl methyl sites for hydroxylation is 1. The van der Waals surface area contributed by atoms with Gasteiger partial charge in [-0.1, -0.05) is 30.3 Å². The molecule has 9 nitrogen and oxygen atoms in total. The van der Waals surface area contributed by atoms with Crippen LogP contribution in [0.3, 0.4) is 0 Å². The van der Waals surface area contributed by atoms with E-state index in [0.717, 1.165) is 13.0 Å². The van der Waals surface area contributed by atoms with E-state index in [1.54, 1.807) is 13.0 Å². The van der Waals surface area contributed by atoms with Gasteiger partial charge in [0.05, 0.1) is 19.2 Å². The number of rotatable bonds is 6. The number of carbonyl (C=O) groups is 3. The molecule has 1 spiro atoms. The summed E-state index contributed by atoms with van der Waals surface area (Å²) in [5.41, 5.74) is 8.65. The van der Waals surface area contributed by atoms with Gasteiger partial charge in [-0.05, 0) is 50.1 Å². The first-order chi connectivity index (χ1) is 16.2. The van der Waals surface area contributed by atoms with E-state index < -0.39 is 23.8 Å². The number of methoxy groups -OCH3 is 1. The predicted octanol–water partition coefficient (Wildman–Crippen LogP) is 2.12. The molecule has 0 bridgehead atoms. The molecular weight excluding hydrogens is 438 g/mol. The van der Waals surface area contributed by atoms with Gasteiger partial charge >= 0.3 is 17.8 Å². The largest absolute Gasteiger partial charge is 0.495 e. The van der Waals surface area contributed by atoms with E-state index in [1.165, 1.54) is 23.6 Å². The quantitative estimate of drug-likeness (QED) is 0.391. The Morgan fingerprint density at radius 1 is 1.21 bits per heavy atom. The number of ether oxygens (including phenoxy) is 3. The van der Waals surface area contributed by atoms with Crippen molar-refractivity contribution in [3.63, 3.8) is 0 Å². The van der Waals surface area contributed by atoms with E-state index in [0.29, 0.717) is 29.0 Å². The molecule has 180 valence electrons. The predicted molar refractivity (Wildman–Crippen MR) is 124 cm³/mol. The molecule has 0 aromatic heterocycles. The molecule has 1 atom stereocenters. The molecule has 1 amide bonds. The molecule has 2 saturated heterocycles. The van der Waals surface area contributed by atoms with Crippen LogP contribution in [0.1, 0.15) is 34.3 Å². The maximum atomic E-state index is 13.5. The number of likely N-dealkylation sites (N-methyl/N-ethyl adjacent to an activating group) is 1. The number of nitrogens with two attached hydrogens (primary N) is 1. The zero-order valence-electron chi connectivity index (χ0n) is 19.6. The third-order valence-corrected chi connectivity index (χ3v) is 6.54. The van der Waals surface area contributed by atoms with Crippen molar-refractivity contribution in [2.24, 2.45) is 0 Å². The summed E-state index contributed by atoms with van der Waals surface area (Å²) in [7, 11) is 3.45. The fourth-order valence-corrected chi connectivity index (χ4v) is 4.53. The Hall–Kier alpha value is -3.59. The minimum absolute atomic E-state index is 0.0610. The summed E-state index contributed by atoms with van der Waals surface area (Å²) in [6, 6.07) is 13.2. The number of anilines is 1. The number of hydrogen-bond acceptors (Lipinski definition) is 8. The molecule has 0 aliphatic carbocycles. The second-order valence-electron chi connectivity index (χ2n) is 8.72. The van der Waals surface area contributed by atoms with Gasteiger partial charge in [-0.3, -0.25) is 9.69 Å². The van der Waals surface area contributed by atoms with Crippen LogP contribution in [-0.2, 0) is 25.5 Å². The molecule has 2 N–H and O–H groups in total. The van der Waals surface area contributed by atoms with Crippen molar-refractivity contribution in [3.05, 3.63) is 59.2 Å². The average molecular weight is 468 g/mol. The van der Waals surface area contributed by atoms with Gasteiger partial charge in [0, 0.05) is 24.7 Å². The molecule has 0 saturated carbocycles. The summed E-state index contributed by atoms with van der Waals surface area (Å²) in [4.78, 5) is 41.1. The van der Waals surface area contributed by atoms with Gasteiger partial charge in [0.15, 0.2) is 0 Å². The van der Waals surface area contributed by atoms with Gasteiger partial charge in [-0.2, -0.15) is 0 Å². The number of nitrogens with zero attached hydrogens (tertiary/aromatic N) is 2. The molecule has 2 heterocycles. The zero-order chi connectivity index (χ0) is 24.5. The lowest BCUT2D eigenvalue weighted by Crippen LogP contribution is -2.61. The number of likely N-dealkylation sites (tertiary alicyclic amines) is 1. The SMILES string of the molecule is COc1cc(C(=O)N2CCC(N(C)CCc3ccccc3)CC23OC(=O)C(=O)O3)cc(C)c1N. The minimum atomic E-state index is -1.78. The fraction of sp³-hybridized carbons (Fsp3) is 0.400. The summed E-state index contributed by atoms with van der Waals surface area (Å²) < 4.78 is 16.1. The molecule has 9 heteroatoms. The van der Waals surface area contributed by atoms with E-state index in [9.17, 15) is 14.4 Å². The highest BCUT2D eigenvalue weighted by atomic mass is 16.8. The maximum absolute atomic E-state index is 13.5. The van der Waals surface area contributed by atoms with Crippen LogP contribution in [0.5, 0.6) is 5.75 Å². The summed E-state index contributed by atoms with van der Waals surface area (Å²) in [5.74, 6) is -4.05. The Bertz CT molecular complexity index is 1090. The van der Waals surface area contributed by atoms with E-state index in [2.05, 4.69) is 17.0 Å². The summed E-state index contributed by atoms with van der Waals surface area (Å²) >= 11 is 0. The molecule has 34 heavy (non-hydrogen) atoms. The third-order valence-electron chi connectivity index (χ3n) is 6.54. The third kappa shape index (κ3) is 4.43. The lowest BCUT2D eigenvalue weighted by atomic mass is 9.97. The number of nitrogen functional groups attached to an aromatic ring is 1. The lowest BCUT2D eigenvalue weighted by Gasteiger charge is -2.45. The lowest BCUT2D eigenvalue weighted by molar-refractivity contribution is -0.255. The van der Waals surface area contributed by atoms with Crippen molar-refractivity contribution < 1.29 is 28.6 Å². The monoisotopic (exact) mass is 467 g/mol. The number of esters is 2. The molecule has 2 aliphatic heterocycles. The van der Waals surface area contributed by atoms with Gasteiger partial charge in [0.2, 0.25) is 0 Å². The van der Waals surface area contributed by atoms with Crippen molar-refractivity contribution >= 4 is 23.5 Å². The van der Waals surface area contributed by atoms with Crippen molar-refractivity contribution in [2.75, 3.05) is 33.0 Å². The number of hydrogen-bond donors (Lipinski definition) is 1. The molecule has 4 rings (SSSR count). The summed E-state index contributed by atoms with van der Waals surface area (Å²) in [6.07, 6.45) is 1.62. The Kier molecular flexibility index (Phi) is 6.47. The minimum Gasteiger partial charge on any atom is -0.495 e. The highest BCUT2D eigenvalue weighted by Gasteiger charge is 2.58. The van der Waals surface area contributed by atoms with Crippen LogP contribution < -0.4 is 10.5 Å². The van der Waals surface area contributed by atoms with Crippen molar-refractivity contribution in [1.82, 2.24) is 9.80 Å². The van der Waals surface area contributed by atoms with Crippen LogP contribution in [0.2, 0.25) is 0 Å². The topological polar surface area (TPSA) is 111 Å². The van der Waals surface area contributed by atoms with Gasteiger partial charge in [-0.15, -0.1) is 0 Å². The number of carbonyl (C=O) groups excluding carboxylic acids is 3. The van der Waals surface area contributed by atoms with Gasteiger partial charge < -0.3 is 24.8 Å². The average Bonchev–Trinajstić information content (AvgIpc) is 3.11. The van der Waals surface area contributed by atoms with Crippen molar-refractivity contribution in [2.45, 2.75) is 38.1 Å².